The molecule has 1 N–H and O–H groups in total. The van der Waals surface area contributed by atoms with E-state index < -0.39 is 134 Å². The highest BCUT2D eigenvalue weighted by Gasteiger charge is 2.95. The number of rotatable bonds is 27. The first-order valence-electron chi connectivity index (χ1n) is 21.3. The Labute approximate surface area is 401 Å². The molecule has 0 heterocycles. The van der Waals surface area contributed by atoms with Gasteiger partial charge >= 0.3 is 59.7 Å². The number of anilines is 1. The second-order valence-corrected chi connectivity index (χ2v) is 21.7. The minimum Gasteiger partial charge on any atom is -0.491 e. The van der Waals surface area contributed by atoms with Crippen molar-refractivity contribution in [3.63, 3.8) is 0 Å². The van der Waals surface area contributed by atoms with E-state index in [1.165, 1.54) is 65.1 Å². The molecular formula is C44H50F19NO7Si. The minimum atomic E-state index is -8.73. The molecule has 0 unspecified atom stereocenters. The van der Waals surface area contributed by atoms with Crippen LogP contribution in [0.2, 0.25) is 17.1 Å². The van der Waals surface area contributed by atoms with Gasteiger partial charge in [-0.1, -0.05) is 52.0 Å². The number of esters is 1. The van der Waals surface area contributed by atoms with E-state index in [0.29, 0.717) is 11.6 Å². The Hall–Kier alpha value is -4.73. The van der Waals surface area contributed by atoms with Gasteiger partial charge < -0.3 is 23.4 Å². The van der Waals surface area contributed by atoms with Crippen molar-refractivity contribution < 1.29 is 116 Å². The number of methoxy groups -OCH3 is 1. The van der Waals surface area contributed by atoms with Crippen molar-refractivity contribution in [2.24, 2.45) is 0 Å². The molecule has 2 rings (SSSR count). The first-order chi connectivity index (χ1) is 32.8. The van der Waals surface area contributed by atoms with Gasteiger partial charge in [-0.15, -0.1) is 0 Å². The Morgan fingerprint density at radius 3 is 1.74 bits per heavy atom. The summed E-state index contributed by atoms with van der Waals surface area (Å²) >= 11 is 0. The second-order valence-electron chi connectivity index (χ2n) is 16.6. The van der Waals surface area contributed by atoms with Crippen LogP contribution in [0.15, 0.2) is 66.3 Å². The van der Waals surface area contributed by atoms with Gasteiger partial charge in [-0.25, -0.2) is 18.4 Å². The molecule has 0 aliphatic rings. The van der Waals surface area contributed by atoms with Crippen LogP contribution in [0.4, 0.5) is 93.9 Å². The lowest BCUT2D eigenvalue weighted by Crippen LogP contribution is -2.74. The van der Waals surface area contributed by atoms with E-state index in [1.807, 2.05) is 0 Å². The molecule has 0 saturated heterocycles. The molecule has 0 bridgehead atoms. The molecule has 0 fully saturated rings. The zero-order valence-electron chi connectivity index (χ0n) is 39.1. The fourth-order valence-corrected chi connectivity index (χ4v) is 11.5. The fraction of sp³-hybridized carbons (Fsp3) is 0.591. The van der Waals surface area contributed by atoms with Crippen molar-refractivity contribution in [3.8, 4) is 5.75 Å². The highest BCUT2D eigenvalue weighted by atomic mass is 28.4. The number of hydrogen-bond acceptors (Lipinski definition) is 7. The summed E-state index contributed by atoms with van der Waals surface area (Å²) in [6, 6.07) is 6.32. The largest absolute Gasteiger partial charge is 0.491 e. The lowest BCUT2D eigenvalue weighted by atomic mass is 9.88. The van der Waals surface area contributed by atoms with Crippen LogP contribution in [-0.2, 0) is 23.4 Å². The summed E-state index contributed by atoms with van der Waals surface area (Å²) in [5.74, 6) is -59.6. The molecule has 0 aliphatic carbocycles. The smallest absolute Gasteiger partial charge is 0.460 e. The standard InChI is InChI=1S/C44H50F19NO7Si/c1-8-68-34(65)23-27(6)11-9-10-12-33(67-7)35(71-36(66)64-32-18-15-29(45)24-31(32)46)28-13-16-30(17-14-28)69-20-21-70-72(25(2)3,26(4)5)22-19-37(47,48)38(49,50)39(51,52)40(53,54)41(55,56)42(57,58)43(59,60)44(61,62)63/h9,11,13-18,23-26,33,35H,8,10,12,19-22H2,1-7H3,(H,64,66)/b11-9+,27-23+/t33-,35-/m1/s1. The first-order valence-corrected chi connectivity index (χ1v) is 23.6. The van der Waals surface area contributed by atoms with Gasteiger partial charge in [0.05, 0.1) is 25.0 Å². The molecule has 410 valence electrons. The third-order valence-electron chi connectivity index (χ3n) is 11.2. The van der Waals surface area contributed by atoms with Crippen LogP contribution in [-0.4, -0.2) is 101 Å². The van der Waals surface area contributed by atoms with Gasteiger partial charge in [-0.2, -0.15) is 74.6 Å². The number of amides is 1. The Morgan fingerprint density at radius 1 is 0.722 bits per heavy atom. The molecule has 0 spiro atoms. The van der Waals surface area contributed by atoms with Gasteiger partial charge in [0.15, 0.2) is 14.4 Å². The summed E-state index contributed by atoms with van der Waals surface area (Å²) in [5.41, 5.74) is -1.53. The van der Waals surface area contributed by atoms with Crippen LogP contribution in [0, 0.1) is 11.6 Å². The highest BCUT2D eigenvalue weighted by Crippen LogP contribution is 2.64. The predicted molar refractivity (Wildman–Crippen MR) is 223 cm³/mol. The van der Waals surface area contributed by atoms with Gasteiger partial charge in [-0.3, -0.25) is 5.32 Å². The van der Waals surface area contributed by atoms with E-state index in [0.717, 1.165) is 12.1 Å². The molecule has 0 aromatic heterocycles. The summed E-state index contributed by atoms with van der Waals surface area (Å²) in [6.45, 7) is 7.49. The van der Waals surface area contributed by atoms with Crippen LogP contribution >= 0.6 is 0 Å². The SMILES string of the molecule is CCOC(=O)/C=C(C)/C=C/CC[C@@H](OC)[C@H](OC(=O)Nc1ccc(F)cc1F)c1ccc(OCCO[Si](CCC(F)(F)C(F)(F)C(F)(F)C(F)(F)C(F)(F)C(F)(F)C(F)(F)C(F)(F)F)(C(C)C)C(C)C)cc1. The van der Waals surface area contributed by atoms with Gasteiger partial charge in [-0.05, 0) is 79.2 Å². The van der Waals surface area contributed by atoms with Crippen molar-refractivity contribution in [2.45, 2.75) is 138 Å². The molecule has 0 aliphatic heterocycles. The zero-order valence-corrected chi connectivity index (χ0v) is 40.1. The quantitative estimate of drug-likeness (QED) is 0.0238. The summed E-state index contributed by atoms with van der Waals surface area (Å²) in [6.07, 6.45) is -8.86. The third-order valence-corrected chi connectivity index (χ3v) is 16.9. The average molecular weight is 1090 g/mol. The third kappa shape index (κ3) is 13.7. The van der Waals surface area contributed by atoms with E-state index in [4.69, 9.17) is 23.4 Å². The van der Waals surface area contributed by atoms with Crippen LogP contribution in [0.3, 0.4) is 0 Å². The van der Waals surface area contributed by atoms with Crippen LogP contribution in [0.5, 0.6) is 5.75 Å². The number of alkyl halides is 17. The Bertz CT molecular complexity index is 2160. The average Bonchev–Trinajstić information content (AvgIpc) is 3.25. The van der Waals surface area contributed by atoms with E-state index in [-0.39, 0.29) is 30.8 Å². The maximum Gasteiger partial charge on any atom is 0.460 e. The number of ether oxygens (including phenoxy) is 4. The number of carbonyl (C=O) groups is 2. The Morgan fingerprint density at radius 2 is 1.25 bits per heavy atom. The Kier molecular flexibility index (Phi) is 21.2. The van der Waals surface area contributed by atoms with Crippen molar-refractivity contribution in [1.82, 2.24) is 0 Å². The minimum absolute atomic E-state index is 0.0331. The number of benzene rings is 2. The van der Waals surface area contributed by atoms with E-state index in [9.17, 15) is 84.2 Å². The molecule has 2 aromatic carbocycles. The maximum atomic E-state index is 15.1. The van der Waals surface area contributed by atoms with Gasteiger partial charge in [0.1, 0.15) is 24.0 Å². The van der Waals surface area contributed by atoms with Gasteiger partial charge in [0.2, 0.25) is 0 Å². The van der Waals surface area contributed by atoms with Crippen molar-refractivity contribution >= 4 is 26.1 Å². The number of nitrogens with one attached hydrogen (secondary N) is 1. The maximum absolute atomic E-state index is 15.1. The predicted octanol–water partition coefficient (Wildman–Crippen LogP) is 14.7. The second kappa shape index (κ2) is 24.1. The van der Waals surface area contributed by atoms with Crippen LogP contribution in [0.1, 0.15) is 72.5 Å². The lowest BCUT2D eigenvalue weighted by Gasteiger charge is -2.44. The number of carbonyl (C=O) groups excluding carboxylic acids is 2. The van der Waals surface area contributed by atoms with Gasteiger partial charge in [0, 0.05) is 25.7 Å². The fourth-order valence-electron chi connectivity index (χ4n) is 7.04. The lowest BCUT2D eigenvalue weighted by molar-refractivity contribution is -0.461. The van der Waals surface area contributed by atoms with E-state index in [1.54, 1.807) is 26.0 Å². The monoisotopic (exact) mass is 1090 g/mol. The highest BCUT2D eigenvalue weighted by molar-refractivity contribution is 6.76. The molecule has 2 aromatic rings. The Balaban J connectivity index is 2.34. The summed E-state index contributed by atoms with van der Waals surface area (Å²) in [4.78, 5) is 24.8. The molecule has 0 radical (unpaired) electrons. The van der Waals surface area contributed by atoms with Gasteiger partial charge in [0.25, 0.3) is 0 Å². The van der Waals surface area contributed by atoms with Crippen LogP contribution < -0.4 is 10.1 Å². The summed E-state index contributed by atoms with van der Waals surface area (Å²) in [7, 11) is -2.79. The summed E-state index contributed by atoms with van der Waals surface area (Å²) < 4.78 is 292. The van der Waals surface area contributed by atoms with Crippen LogP contribution in [0.25, 0.3) is 0 Å². The molecule has 0 saturated carbocycles. The van der Waals surface area contributed by atoms with Crippen molar-refractivity contribution in [2.75, 3.05) is 32.2 Å². The molecular weight excluding hydrogens is 1040 g/mol. The topological polar surface area (TPSA) is 92.3 Å². The molecule has 28 heteroatoms. The van der Waals surface area contributed by atoms with Crippen molar-refractivity contribution in [3.05, 3.63) is 83.5 Å². The molecule has 8 nitrogen and oxygen atoms in total. The zero-order chi connectivity index (χ0) is 55.7. The molecule has 2 atom stereocenters. The number of allylic oxidation sites excluding steroid dienone is 3. The number of hydrogen-bond donors (Lipinski definition) is 1. The normalized spacial score (nSPS) is 15.0. The van der Waals surface area contributed by atoms with Crippen molar-refractivity contribution in [1.29, 1.82) is 0 Å². The first kappa shape index (κ1) is 63.4. The molecule has 1 amide bonds. The van der Waals surface area contributed by atoms with E-state index >= 15 is 8.78 Å². The van der Waals surface area contributed by atoms with E-state index in [2.05, 4.69) is 5.32 Å². The number of halogens is 19. The molecule has 72 heavy (non-hydrogen) atoms. The summed E-state index contributed by atoms with van der Waals surface area (Å²) in [5, 5.41) is 2.15.